The van der Waals surface area contributed by atoms with E-state index in [-0.39, 0.29) is 17.9 Å². The number of hydrogen-bond acceptors (Lipinski definition) is 2. The van der Waals surface area contributed by atoms with Crippen LogP contribution in [-0.4, -0.2) is 15.5 Å². The topological polar surface area (TPSA) is 46.9 Å². The van der Waals surface area contributed by atoms with E-state index in [1.54, 1.807) is 12.5 Å². The second kappa shape index (κ2) is 9.23. The van der Waals surface area contributed by atoms with E-state index in [2.05, 4.69) is 34.6 Å². The van der Waals surface area contributed by atoms with E-state index in [0.717, 1.165) is 22.4 Å². The van der Waals surface area contributed by atoms with E-state index in [9.17, 15) is 4.79 Å². The second-order valence-corrected chi connectivity index (χ2v) is 7.43. The summed E-state index contributed by atoms with van der Waals surface area (Å²) in [5.74, 6) is 0.0714. The van der Waals surface area contributed by atoms with Crippen LogP contribution >= 0.6 is 0 Å². The number of amides is 1. The molecule has 0 aliphatic carbocycles. The van der Waals surface area contributed by atoms with Crippen LogP contribution in [-0.2, 0) is 4.79 Å². The zero-order valence-corrected chi connectivity index (χ0v) is 17.0. The molecule has 150 valence electrons. The summed E-state index contributed by atoms with van der Waals surface area (Å²) in [5, 5.41) is 3.16. The highest BCUT2D eigenvalue weighted by Crippen LogP contribution is 2.28. The molecule has 0 aliphatic heterocycles. The van der Waals surface area contributed by atoms with Crippen molar-refractivity contribution in [1.29, 1.82) is 0 Å². The Morgan fingerprint density at radius 3 is 2.00 bits per heavy atom. The Labute approximate surface area is 177 Å². The smallest absolute Gasteiger partial charge is 0.221 e. The molecule has 1 N–H and O–H groups in total. The summed E-state index contributed by atoms with van der Waals surface area (Å²) in [6, 6.07) is 28.5. The van der Waals surface area contributed by atoms with Gasteiger partial charge in [-0.3, -0.25) is 4.79 Å². The van der Waals surface area contributed by atoms with Crippen molar-refractivity contribution in [3.05, 3.63) is 120 Å². The Balaban J connectivity index is 1.45. The van der Waals surface area contributed by atoms with Gasteiger partial charge in [0.1, 0.15) is 0 Å². The molecule has 0 radical (unpaired) electrons. The summed E-state index contributed by atoms with van der Waals surface area (Å²) in [5.41, 5.74) is 4.42. The maximum absolute atomic E-state index is 12.9. The molecule has 1 unspecified atom stereocenters. The van der Waals surface area contributed by atoms with Crippen molar-refractivity contribution in [1.82, 2.24) is 14.9 Å². The van der Waals surface area contributed by atoms with Crippen LogP contribution in [0.2, 0.25) is 0 Å². The fourth-order valence-corrected chi connectivity index (χ4v) is 3.71. The number of aromatic nitrogens is 2. The molecular formula is C26H25N3O. The number of rotatable bonds is 7. The number of nitrogens with zero attached hydrogens (tertiary/aromatic N) is 2. The molecule has 0 saturated heterocycles. The van der Waals surface area contributed by atoms with Crippen LogP contribution in [0, 0.1) is 0 Å². The Bertz CT molecular complexity index is 1020. The van der Waals surface area contributed by atoms with Crippen molar-refractivity contribution in [2.45, 2.75) is 25.3 Å². The lowest BCUT2D eigenvalue weighted by molar-refractivity contribution is -0.121. The minimum absolute atomic E-state index is 0.0308. The number of benzene rings is 3. The van der Waals surface area contributed by atoms with Gasteiger partial charge >= 0.3 is 0 Å². The Morgan fingerprint density at radius 2 is 1.47 bits per heavy atom. The number of hydrogen-bond donors (Lipinski definition) is 1. The maximum atomic E-state index is 12.9. The summed E-state index contributed by atoms with van der Waals surface area (Å²) >= 11 is 0. The number of carbonyl (C=O) groups is 1. The van der Waals surface area contributed by atoms with Crippen LogP contribution in [0.25, 0.3) is 5.69 Å². The van der Waals surface area contributed by atoms with Gasteiger partial charge in [0.25, 0.3) is 0 Å². The van der Waals surface area contributed by atoms with Crippen LogP contribution in [0.3, 0.4) is 0 Å². The predicted molar refractivity (Wildman–Crippen MR) is 119 cm³/mol. The highest BCUT2D eigenvalue weighted by Gasteiger charge is 2.19. The van der Waals surface area contributed by atoms with Crippen LogP contribution in [0.4, 0.5) is 0 Å². The lowest BCUT2D eigenvalue weighted by atomic mass is 9.88. The number of imidazole rings is 1. The summed E-state index contributed by atoms with van der Waals surface area (Å²) < 4.78 is 1.96. The third-order valence-corrected chi connectivity index (χ3v) is 5.37. The van der Waals surface area contributed by atoms with Crippen molar-refractivity contribution < 1.29 is 4.79 Å². The van der Waals surface area contributed by atoms with Crippen molar-refractivity contribution in [2.24, 2.45) is 0 Å². The van der Waals surface area contributed by atoms with Crippen LogP contribution in [0.15, 0.2) is 104 Å². The molecule has 30 heavy (non-hydrogen) atoms. The minimum Gasteiger partial charge on any atom is -0.350 e. The minimum atomic E-state index is -0.0680. The molecule has 3 aromatic carbocycles. The van der Waals surface area contributed by atoms with Gasteiger partial charge in [-0.2, -0.15) is 0 Å². The number of carbonyl (C=O) groups excluding carboxylic acids is 1. The first kappa shape index (κ1) is 19.6. The van der Waals surface area contributed by atoms with Gasteiger partial charge in [0.15, 0.2) is 0 Å². The summed E-state index contributed by atoms with van der Waals surface area (Å²) in [7, 11) is 0. The molecule has 4 nitrogen and oxygen atoms in total. The fraction of sp³-hybridized carbons (Fsp3) is 0.154. The third kappa shape index (κ3) is 4.66. The Morgan fingerprint density at radius 1 is 0.867 bits per heavy atom. The van der Waals surface area contributed by atoms with E-state index >= 15 is 0 Å². The van der Waals surface area contributed by atoms with E-state index < -0.39 is 0 Å². The highest BCUT2D eigenvalue weighted by atomic mass is 16.1. The van der Waals surface area contributed by atoms with Gasteiger partial charge in [0.2, 0.25) is 5.91 Å². The van der Waals surface area contributed by atoms with E-state index in [1.807, 2.05) is 78.4 Å². The molecular weight excluding hydrogens is 370 g/mol. The molecule has 0 spiro atoms. The molecule has 0 bridgehead atoms. The summed E-state index contributed by atoms with van der Waals surface area (Å²) in [6.07, 6.45) is 5.85. The van der Waals surface area contributed by atoms with Crippen molar-refractivity contribution in [2.75, 3.05) is 0 Å². The van der Waals surface area contributed by atoms with Gasteiger partial charge in [0, 0.05) is 30.4 Å². The first-order valence-electron chi connectivity index (χ1n) is 10.2. The average molecular weight is 396 g/mol. The lowest BCUT2D eigenvalue weighted by Gasteiger charge is -2.20. The van der Waals surface area contributed by atoms with Gasteiger partial charge in [-0.15, -0.1) is 0 Å². The molecule has 4 aromatic rings. The van der Waals surface area contributed by atoms with Crippen LogP contribution < -0.4 is 5.32 Å². The zero-order chi connectivity index (χ0) is 20.8. The molecule has 0 aliphatic rings. The average Bonchev–Trinajstić information content (AvgIpc) is 3.34. The van der Waals surface area contributed by atoms with Gasteiger partial charge < -0.3 is 9.88 Å². The van der Waals surface area contributed by atoms with Gasteiger partial charge in [-0.1, -0.05) is 72.8 Å². The van der Waals surface area contributed by atoms with E-state index in [0.29, 0.717) is 6.42 Å². The second-order valence-electron chi connectivity index (χ2n) is 7.43. The van der Waals surface area contributed by atoms with E-state index in [4.69, 9.17) is 0 Å². The molecule has 1 heterocycles. The third-order valence-electron chi connectivity index (χ3n) is 5.37. The van der Waals surface area contributed by atoms with E-state index in [1.165, 1.54) is 0 Å². The summed E-state index contributed by atoms with van der Waals surface area (Å²) in [4.78, 5) is 17.0. The normalized spacial score (nSPS) is 11.9. The predicted octanol–water partition coefficient (Wildman–Crippen LogP) is 5.27. The molecule has 1 atom stereocenters. The van der Waals surface area contributed by atoms with Crippen LogP contribution in [0.1, 0.15) is 42.0 Å². The van der Waals surface area contributed by atoms with Crippen molar-refractivity contribution in [3.63, 3.8) is 0 Å². The SMILES string of the molecule is CC(NC(=O)CC(c1ccccc1)c1ccccc1)c1ccc(-n2ccnc2)cc1. The largest absolute Gasteiger partial charge is 0.350 e. The van der Waals surface area contributed by atoms with Gasteiger partial charge in [-0.05, 0) is 35.7 Å². The maximum Gasteiger partial charge on any atom is 0.221 e. The Hall–Kier alpha value is -3.66. The van der Waals surface area contributed by atoms with Crippen molar-refractivity contribution >= 4 is 5.91 Å². The Kier molecular flexibility index (Phi) is 6.04. The zero-order valence-electron chi connectivity index (χ0n) is 17.0. The highest BCUT2D eigenvalue weighted by molar-refractivity contribution is 5.78. The fourth-order valence-electron chi connectivity index (χ4n) is 3.71. The molecule has 0 fully saturated rings. The quantitative estimate of drug-likeness (QED) is 0.463. The first-order chi connectivity index (χ1) is 14.7. The van der Waals surface area contributed by atoms with Gasteiger partial charge in [0.05, 0.1) is 12.4 Å². The molecule has 1 aromatic heterocycles. The monoisotopic (exact) mass is 395 g/mol. The lowest BCUT2D eigenvalue weighted by Crippen LogP contribution is -2.28. The van der Waals surface area contributed by atoms with Gasteiger partial charge in [-0.25, -0.2) is 4.98 Å². The first-order valence-corrected chi connectivity index (χ1v) is 10.2. The number of nitrogens with one attached hydrogen (secondary N) is 1. The standard InChI is InChI=1S/C26H25N3O/c1-20(21-12-14-24(15-13-21)29-17-16-27-19-29)28-26(30)18-25(22-8-4-2-5-9-22)23-10-6-3-7-11-23/h2-17,19-20,25H,18H2,1H3,(H,28,30). The molecule has 4 rings (SSSR count). The molecule has 4 heteroatoms. The van der Waals surface area contributed by atoms with Crippen LogP contribution in [0.5, 0.6) is 0 Å². The summed E-state index contributed by atoms with van der Waals surface area (Å²) in [6.45, 7) is 2.02. The van der Waals surface area contributed by atoms with Crippen molar-refractivity contribution in [3.8, 4) is 5.69 Å². The molecule has 0 saturated carbocycles. The molecule has 1 amide bonds.